The number of hydrogen-bond acceptors (Lipinski definition) is 4. The fourth-order valence-corrected chi connectivity index (χ4v) is 2.81. The summed E-state index contributed by atoms with van der Waals surface area (Å²) < 4.78 is 5.58. The third-order valence-corrected chi connectivity index (χ3v) is 4.48. The van der Waals surface area contributed by atoms with Gasteiger partial charge in [-0.15, -0.1) is 0 Å². The molecule has 1 aliphatic heterocycles. The third kappa shape index (κ3) is 4.04. The van der Waals surface area contributed by atoms with Crippen LogP contribution in [0.5, 0.6) is 0 Å². The van der Waals surface area contributed by atoms with E-state index in [4.69, 9.17) is 16.3 Å². The van der Waals surface area contributed by atoms with Crippen molar-refractivity contribution in [1.82, 2.24) is 4.98 Å². The van der Waals surface area contributed by atoms with Crippen molar-refractivity contribution in [2.45, 2.75) is 25.9 Å². The van der Waals surface area contributed by atoms with Gasteiger partial charge in [0.15, 0.2) is 0 Å². The molecule has 2 N–H and O–H groups in total. The Morgan fingerprint density at radius 2 is 2.29 bits per heavy atom. The van der Waals surface area contributed by atoms with E-state index in [2.05, 4.69) is 15.6 Å². The Morgan fingerprint density at radius 1 is 1.42 bits per heavy atom. The standard InChI is InChI=1S/C18H20ClN3O2/c1-12-16(19)5-2-6-17(12)22-18(23)13-8-14(10-20-9-13)21-11-15-4-3-7-24-15/h2,5-6,8-10,15,21H,3-4,7,11H2,1H3,(H,22,23). The van der Waals surface area contributed by atoms with E-state index in [9.17, 15) is 4.79 Å². The minimum absolute atomic E-state index is 0.214. The smallest absolute Gasteiger partial charge is 0.257 e. The van der Waals surface area contributed by atoms with Crippen molar-refractivity contribution >= 4 is 28.9 Å². The molecule has 126 valence electrons. The van der Waals surface area contributed by atoms with Gasteiger partial charge in [0.05, 0.1) is 17.4 Å². The van der Waals surface area contributed by atoms with E-state index < -0.39 is 0 Å². The molecule has 2 heterocycles. The lowest BCUT2D eigenvalue weighted by atomic mass is 10.2. The lowest BCUT2D eigenvalue weighted by molar-refractivity contribution is 0.102. The molecule has 5 nitrogen and oxygen atoms in total. The highest BCUT2D eigenvalue weighted by molar-refractivity contribution is 6.31. The fraction of sp³-hybridized carbons (Fsp3) is 0.333. The zero-order valence-electron chi connectivity index (χ0n) is 13.5. The molecule has 0 bridgehead atoms. The van der Waals surface area contributed by atoms with E-state index in [0.717, 1.165) is 37.2 Å². The van der Waals surface area contributed by atoms with Crippen LogP contribution in [-0.4, -0.2) is 30.1 Å². The quantitative estimate of drug-likeness (QED) is 0.863. The summed E-state index contributed by atoms with van der Waals surface area (Å²) in [5, 5.41) is 6.78. The summed E-state index contributed by atoms with van der Waals surface area (Å²) in [6, 6.07) is 7.22. The maximum Gasteiger partial charge on any atom is 0.257 e. The van der Waals surface area contributed by atoms with Gasteiger partial charge < -0.3 is 15.4 Å². The molecule has 1 aromatic carbocycles. The van der Waals surface area contributed by atoms with Crippen molar-refractivity contribution in [2.75, 3.05) is 23.8 Å². The molecule has 6 heteroatoms. The van der Waals surface area contributed by atoms with E-state index in [-0.39, 0.29) is 12.0 Å². The lowest BCUT2D eigenvalue weighted by Gasteiger charge is -2.13. The van der Waals surface area contributed by atoms with E-state index in [1.165, 1.54) is 0 Å². The van der Waals surface area contributed by atoms with Gasteiger partial charge in [-0.1, -0.05) is 17.7 Å². The Morgan fingerprint density at radius 3 is 3.08 bits per heavy atom. The number of benzene rings is 1. The first-order valence-electron chi connectivity index (χ1n) is 8.00. The van der Waals surface area contributed by atoms with Gasteiger partial charge in [0.25, 0.3) is 5.91 Å². The van der Waals surface area contributed by atoms with Crippen molar-refractivity contribution in [3.63, 3.8) is 0 Å². The van der Waals surface area contributed by atoms with Crippen molar-refractivity contribution in [3.8, 4) is 0 Å². The zero-order chi connectivity index (χ0) is 16.9. The summed E-state index contributed by atoms with van der Waals surface area (Å²) in [6.45, 7) is 3.42. The van der Waals surface area contributed by atoms with E-state index >= 15 is 0 Å². The molecule has 2 aromatic rings. The van der Waals surface area contributed by atoms with Crippen LogP contribution >= 0.6 is 11.6 Å². The summed E-state index contributed by atoms with van der Waals surface area (Å²) in [5.74, 6) is -0.214. The summed E-state index contributed by atoms with van der Waals surface area (Å²) in [7, 11) is 0. The number of rotatable bonds is 5. The Balaban J connectivity index is 1.66. The summed E-state index contributed by atoms with van der Waals surface area (Å²) in [5.41, 5.74) is 2.84. The SMILES string of the molecule is Cc1c(Cl)cccc1NC(=O)c1cncc(NCC2CCCO2)c1. The average molecular weight is 346 g/mol. The molecule has 0 saturated carbocycles. The number of nitrogens with one attached hydrogen (secondary N) is 2. The number of carbonyl (C=O) groups is 1. The molecule has 0 spiro atoms. The zero-order valence-corrected chi connectivity index (χ0v) is 14.3. The second-order valence-electron chi connectivity index (χ2n) is 5.84. The van der Waals surface area contributed by atoms with Crippen LogP contribution < -0.4 is 10.6 Å². The van der Waals surface area contributed by atoms with Crippen LogP contribution in [0.3, 0.4) is 0 Å². The molecule has 24 heavy (non-hydrogen) atoms. The molecular weight excluding hydrogens is 326 g/mol. The highest BCUT2D eigenvalue weighted by Gasteiger charge is 2.15. The number of amides is 1. The van der Waals surface area contributed by atoms with Crippen LogP contribution in [0.4, 0.5) is 11.4 Å². The van der Waals surface area contributed by atoms with Crippen LogP contribution in [0.15, 0.2) is 36.7 Å². The third-order valence-electron chi connectivity index (χ3n) is 4.07. The highest BCUT2D eigenvalue weighted by Crippen LogP contribution is 2.23. The molecule has 1 aromatic heterocycles. The second-order valence-corrected chi connectivity index (χ2v) is 6.25. The lowest BCUT2D eigenvalue weighted by Crippen LogP contribution is -2.19. The van der Waals surface area contributed by atoms with Gasteiger partial charge in [0.1, 0.15) is 0 Å². The maximum atomic E-state index is 12.4. The molecule has 0 aliphatic carbocycles. The number of hydrogen-bond donors (Lipinski definition) is 2. The molecule has 1 atom stereocenters. The summed E-state index contributed by atoms with van der Waals surface area (Å²) in [4.78, 5) is 16.6. The normalized spacial score (nSPS) is 16.8. The van der Waals surface area contributed by atoms with E-state index in [1.54, 1.807) is 24.5 Å². The Bertz CT molecular complexity index is 730. The molecule has 1 unspecified atom stereocenters. The van der Waals surface area contributed by atoms with Crippen molar-refractivity contribution in [3.05, 3.63) is 52.8 Å². The maximum absolute atomic E-state index is 12.4. The number of ether oxygens (including phenoxy) is 1. The molecule has 1 saturated heterocycles. The van der Waals surface area contributed by atoms with Crippen molar-refractivity contribution in [2.24, 2.45) is 0 Å². The van der Waals surface area contributed by atoms with Crippen molar-refractivity contribution in [1.29, 1.82) is 0 Å². The highest BCUT2D eigenvalue weighted by atomic mass is 35.5. The first kappa shape index (κ1) is 16.7. The predicted molar refractivity (Wildman–Crippen MR) is 95.8 cm³/mol. The first-order valence-corrected chi connectivity index (χ1v) is 8.38. The van der Waals surface area contributed by atoms with Gasteiger partial charge in [-0.05, 0) is 43.5 Å². The Kier molecular flexibility index (Phi) is 5.33. The van der Waals surface area contributed by atoms with Gasteiger partial charge in [-0.25, -0.2) is 0 Å². The van der Waals surface area contributed by atoms with E-state index in [1.807, 2.05) is 19.1 Å². The number of halogens is 1. The number of aromatic nitrogens is 1. The number of anilines is 2. The molecule has 1 amide bonds. The average Bonchev–Trinajstić information content (AvgIpc) is 3.11. The van der Waals surface area contributed by atoms with Crippen LogP contribution in [0.25, 0.3) is 0 Å². The van der Waals surface area contributed by atoms with Gasteiger partial charge in [0.2, 0.25) is 0 Å². The topological polar surface area (TPSA) is 63.2 Å². The molecule has 1 fully saturated rings. The van der Waals surface area contributed by atoms with Crippen LogP contribution in [-0.2, 0) is 4.74 Å². The van der Waals surface area contributed by atoms with Crippen molar-refractivity contribution < 1.29 is 9.53 Å². The minimum atomic E-state index is -0.214. The molecule has 1 aliphatic rings. The van der Waals surface area contributed by atoms with Crippen LogP contribution in [0.2, 0.25) is 5.02 Å². The fourth-order valence-electron chi connectivity index (χ4n) is 2.64. The van der Waals surface area contributed by atoms with Gasteiger partial charge in [0, 0.05) is 36.3 Å². The molecule has 0 radical (unpaired) electrons. The minimum Gasteiger partial charge on any atom is -0.381 e. The first-order chi connectivity index (χ1) is 11.6. The Hall–Kier alpha value is -2.11. The number of pyridine rings is 1. The van der Waals surface area contributed by atoms with Crippen LogP contribution in [0.1, 0.15) is 28.8 Å². The van der Waals surface area contributed by atoms with Gasteiger partial charge >= 0.3 is 0 Å². The number of nitrogens with zero attached hydrogens (tertiary/aromatic N) is 1. The summed E-state index contributed by atoms with van der Waals surface area (Å²) in [6.07, 6.45) is 5.65. The largest absolute Gasteiger partial charge is 0.381 e. The molecular formula is C18H20ClN3O2. The summed E-state index contributed by atoms with van der Waals surface area (Å²) >= 11 is 6.09. The Labute approximate surface area is 146 Å². The monoisotopic (exact) mass is 345 g/mol. The van der Waals surface area contributed by atoms with Crippen LogP contribution in [0, 0.1) is 6.92 Å². The van der Waals surface area contributed by atoms with E-state index in [0.29, 0.717) is 16.3 Å². The van der Waals surface area contributed by atoms with Gasteiger partial charge in [-0.2, -0.15) is 0 Å². The molecule has 3 rings (SSSR count). The second kappa shape index (κ2) is 7.64. The number of carbonyl (C=O) groups excluding carboxylic acids is 1. The van der Waals surface area contributed by atoms with Gasteiger partial charge in [-0.3, -0.25) is 9.78 Å². The predicted octanol–water partition coefficient (Wildman–Crippen LogP) is 3.89.